The normalized spacial score (nSPS) is 10.8. The second-order valence-electron chi connectivity index (χ2n) is 5.25. The highest BCUT2D eigenvalue weighted by Gasteiger charge is 2.03. The van der Waals surface area contributed by atoms with Crippen LogP contribution in [0, 0.1) is 0 Å². The number of anilines is 3. The molecule has 0 amide bonds. The summed E-state index contributed by atoms with van der Waals surface area (Å²) in [6.45, 7) is 6.47. The van der Waals surface area contributed by atoms with Gasteiger partial charge in [0.1, 0.15) is 17.5 Å². The highest BCUT2D eigenvalue weighted by Crippen LogP contribution is 2.20. The summed E-state index contributed by atoms with van der Waals surface area (Å²) in [4.78, 5) is 8.70. The van der Waals surface area contributed by atoms with Crippen LogP contribution in [-0.4, -0.2) is 9.97 Å². The minimum absolute atomic E-state index is 0.504. The first-order valence-corrected chi connectivity index (χ1v) is 7.09. The Kier molecular flexibility index (Phi) is 4.56. The van der Waals surface area contributed by atoms with E-state index in [1.54, 1.807) is 6.07 Å². The summed E-state index contributed by atoms with van der Waals surface area (Å²) in [6.07, 6.45) is 1.85. The van der Waals surface area contributed by atoms with E-state index in [2.05, 4.69) is 60.3 Å². The number of aryl methyl sites for hydroxylation is 1. The molecule has 0 fully saturated rings. The zero-order valence-electron chi connectivity index (χ0n) is 12.4. The lowest BCUT2D eigenvalue weighted by Gasteiger charge is -2.10. The predicted molar refractivity (Wildman–Crippen MR) is 84.3 cm³/mol. The van der Waals surface area contributed by atoms with Gasteiger partial charge in [-0.05, 0) is 30.0 Å². The molecule has 0 saturated heterocycles. The van der Waals surface area contributed by atoms with Gasteiger partial charge in [0, 0.05) is 18.2 Å². The molecule has 0 bridgehead atoms. The molecule has 4 nitrogen and oxygen atoms in total. The van der Waals surface area contributed by atoms with E-state index in [9.17, 15) is 0 Å². The van der Waals surface area contributed by atoms with Crippen LogP contribution in [0.4, 0.5) is 17.3 Å². The zero-order valence-corrected chi connectivity index (χ0v) is 12.4. The largest absolute Gasteiger partial charge is 0.384 e. The van der Waals surface area contributed by atoms with Gasteiger partial charge < -0.3 is 11.1 Å². The Bertz CT molecular complexity index is 561. The van der Waals surface area contributed by atoms with Gasteiger partial charge in [-0.2, -0.15) is 0 Å². The van der Waals surface area contributed by atoms with Crippen molar-refractivity contribution in [2.75, 3.05) is 11.1 Å². The Labute approximate surface area is 120 Å². The van der Waals surface area contributed by atoms with Crippen LogP contribution in [0.15, 0.2) is 30.3 Å². The van der Waals surface area contributed by atoms with Crippen molar-refractivity contribution >= 4 is 17.3 Å². The first-order chi connectivity index (χ1) is 9.58. The maximum absolute atomic E-state index is 5.82. The monoisotopic (exact) mass is 270 g/mol. The summed E-state index contributed by atoms with van der Waals surface area (Å²) in [5.41, 5.74) is 8.15. The molecule has 0 unspecified atom stereocenters. The quantitative estimate of drug-likeness (QED) is 0.865. The van der Waals surface area contributed by atoms with Crippen LogP contribution in [0.1, 0.15) is 44.5 Å². The van der Waals surface area contributed by atoms with Gasteiger partial charge in [0.2, 0.25) is 0 Å². The molecule has 2 rings (SSSR count). The summed E-state index contributed by atoms with van der Waals surface area (Å²) in [5, 5.41) is 3.28. The standard InChI is InChI=1S/C16H22N4/c1-4-5-15-19-14(17)10-16(20-15)18-13-8-6-12(7-9-13)11(2)3/h6-11H,4-5H2,1-3H3,(H3,17,18,19,20). The van der Waals surface area contributed by atoms with Crippen LogP contribution in [0.5, 0.6) is 0 Å². The average Bonchev–Trinajstić information content (AvgIpc) is 2.39. The van der Waals surface area contributed by atoms with Gasteiger partial charge in [0.25, 0.3) is 0 Å². The van der Waals surface area contributed by atoms with E-state index in [-0.39, 0.29) is 0 Å². The number of nitrogens with zero attached hydrogens (tertiary/aromatic N) is 2. The highest BCUT2D eigenvalue weighted by atomic mass is 15.0. The van der Waals surface area contributed by atoms with E-state index in [4.69, 9.17) is 5.73 Å². The molecule has 1 aromatic carbocycles. The van der Waals surface area contributed by atoms with Crippen LogP contribution >= 0.6 is 0 Å². The molecule has 1 aromatic heterocycles. The topological polar surface area (TPSA) is 63.8 Å². The minimum atomic E-state index is 0.504. The van der Waals surface area contributed by atoms with Gasteiger partial charge in [0.05, 0.1) is 0 Å². The lowest BCUT2D eigenvalue weighted by Crippen LogP contribution is -2.03. The van der Waals surface area contributed by atoms with Crippen LogP contribution in [0.3, 0.4) is 0 Å². The number of hydrogen-bond acceptors (Lipinski definition) is 4. The third-order valence-electron chi connectivity index (χ3n) is 3.12. The summed E-state index contributed by atoms with van der Waals surface area (Å²) < 4.78 is 0. The molecule has 4 heteroatoms. The van der Waals surface area contributed by atoms with Gasteiger partial charge in [0.15, 0.2) is 0 Å². The third kappa shape index (κ3) is 3.70. The first-order valence-electron chi connectivity index (χ1n) is 7.09. The fourth-order valence-corrected chi connectivity index (χ4v) is 2.02. The number of nitrogen functional groups attached to an aromatic ring is 1. The molecule has 0 aliphatic rings. The number of benzene rings is 1. The fourth-order valence-electron chi connectivity index (χ4n) is 2.02. The average molecular weight is 270 g/mol. The minimum Gasteiger partial charge on any atom is -0.384 e. The molecule has 0 spiro atoms. The maximum Gasteiger partial charge on any atom is 0.136 e. The SMILES string of the molecule is CCCc1nc(N)cc(Nc2ccc(C(C)C)cc2)n1. The van der Waals surface area contributed by atoms with Crippen molar-refractivity contribution in [1.29, 1.82) is 0 Å². The molecule has 106 valence electrons. The molecule has 20 heavy (non-hydrogen) atoms. The van der Waals surface area contributed by atoms with Crippen LogP contribution in [0.2, 0.25) is 0 Å². The molecule has 3 N–H and O–H groups in total. The van der Waals surface area contributed by atoms with E-state index in [0.29, 0.717) is 11.7 Å². The smallest absolute Gasteiger partial charge is 0.136 e. The summed E-state index contributed by atoms with van der Waals surface area (Å²) in [5.74, 6) is 2.58. The molecule has 0 saturated carbocycles. The summed E-state index contributed by atoms with van der Waals surface area (Å²) in [6, 6.07) is 10.1. The molecule has 0 atom stereocenters. The van der Waals surface area contributed by atoms with Crippen molar-refractivity contribution in [2.24, 2.45) is 0 Å². The lowest BCUT2D eigenvalue weighted by atomic mass is 10.0. The van der Waals surface area contributed by atoms with Gasteiger partial charge in [-0.25, -0.2) is 9.97 Å². The Morgan fingerprint density at radius 1 is 1.15 bits per heavy atom. The van der Waals surface area contributed by atoms with Gasteiger partial charge >= 0.3 is 0 Å². The molecule has 0 radical (unpaired) electrons. The number of hydrogen-bond donors (Lipinski definition) is 2. The molecule has 2 aromatic rings. The fraction of sp³-hybridized carbons (Fsp3) is 0.375. The number of nitrogens with two attached hydrogens (primary N) is 1. The Balaban J connectivity index is 2.16. The maximum atomic E-state index is 5.82. The Morgan fingerprint density at radius 2 is 1.85 bits per heavy atom. The van der Waals surface area contributed by atoms with Crippen LogP contribution in [0.25, 0.3) is 0 Å². The van der Waals surface area contributed by atoms with Crippen LogP contribution < -0.4 is 11.1 Å². The van der Waals surface area contributed by atoms with E-state index < -0.39 is 0 Å². The Hall–Kier alpha value is -2.10. The van der Waals surface area contributed by atoms with Crippen molar-refractivity contribution < 1.29 is 0 Å². The van der Waals surface area contributed by atoms with E-state index in [1.807, 2.05) is 0 Å². The van der Waals surface area contributed by atoms with E-state index >= 15 is 0 Å². The number of rotatable bonds is 5. The van der Waals surface area contributed by atoms with E-state index in [1.165, 1.54) is 5.56 Å². The number of aromatic nitrogens is 2. The molecule has 0 aliphatic heterocycles. The summed E-state index contributed by atoms with van der Waals surface area (Å²) in [7, 11) is 0. The van der Waals surface area contributed by atoms with E-state index in [0.717, 1.165) is 30.2 Å². The second-order valence-corrected chi connectivity index (χ2v) is 5.25. The van der Waals surface area contributed by atoms with Crippen LogP contribution in [-0.2, 0) is 6.42 Å². The molecule has 0 aliphatic carbocycles. The van der Waals surface area contributed by atoms with Gasteiger partial charge in [-0.15, -0.1) is 0 Å². The number of nitrogens with one attached hydrogen (secondary N) is 1. The van der Waals surface area contributed by atoms with Crippen molar-refractivity contribution in [1.82, 2.24) is 9.97 Å². The predicted octanol–water partition coefficient (Wildman–Crippen LogP) is 3.88. The molecular weight excluding hydrogens is 248 g/mol. The molecule has 1 heterocycles. The second kappa shape index (κ2) is 6.37. The highest BCUT2D eigenvalue weighted by molar-refractivity contribution is 5.58. The summed E-state index contributed by atoms with van der Waals surface area (Å²) >= 11 is 0. The molecular formula is C16H22N4. The first kappa shape index (κ1) is 14.3. The lowest BCUT2D eigenvalue weighted by molar-refractivity contribution is 0.839. The zero-order chi connectivity index (χ0) is 14.5. The Morgan fingerprint density at radius 3 is 2.45 bits per heavy atom. The van der Waals surface area contributed by atoms with Gasteiger partial charge in [-0.1, -0.05) is 32.9 Å². The van der Waals surface area contributed by atoms with Crippen molar-refractivity contribution in [3.05, 3.63) is 41.7 Å². The van der Waals surface area contributed by atoms with Crippen molar-refractivity contribution in [2.45, 2.75) is 39.5 Å². The van der Waals surface area contributed by atoms with Crippen molar-refractivity contribution in [3.8, 4) is 0 Å². The van der Waals surface area contributed by atoms with Gasteiger partial charge in [-0.3, -0.25) is 0 Å². The van der Waals surface area contributed by atoms with Crippen molar-refractivity contribution in [3.63, 3.8) is 0 Å². The third-order valence-corrected chi connectivity index (χ3v) is 3.12.